The van der Waals surface area contributed by atoms with E-state index in [-0.39, 0.29) is 5.82 Å². The number of aromatic amines is 1. The van der Waals surface area contributed by atoms with E-state index < -0.39 is 23.0 Å². The highest BCUT2D eigenvalue weighted by atomic mass is 19.1. The van der Waals surface area contributed by atoms with Crippen LogP contribution in [0.5, 0.6) is 0 Å². The lowest BCUT2D eigenvalue weighted by Crippen LogP contribution is -2.09. The first kappa shape index (κ1) is 9.51. The molecular weight excluding hydrogens is 202 g/mol. The highest BCUT2D eigenvalue weighted by Gasteiger charge is 2.20. The maximum atomic E-state index is 13.2. The number of nitrogens with one attached hydrogen (secondary N) is 1. The van der Waals surface area contributed by atoms with Crippen LogP contribution in [-0.2, 0) is 0 Å². The minimum atomic E-state index is -0.892. The Morgan fingerprint density at radius 1 is 1.27 bits per heavy atom. The zero-order valence-corrected chi connectivity index (χ0v) is 7.50. The number of imidazole rings is 1. The van der Waals surface area contributed by atoms with Gasteiger partial charge in [-0.25, -0.2) is 13.8 Å². The number of halogens is 2. The standard InChI is InChI=1S/C10H6F2N2O/c11-6-2-1-3-7(12)8(6)9(15)10-13-4-5-14-10/h1-5H,(H,13,14). The Hall–Kier alpha value is -2.04. The number of carbonyl (C=O) groups is 1. The Kier molecular flexibility index (Phi) is 2.29. The molecule has 1 aromatic heterocycles. The van der Waals surface area contributed by atoms with Crippen LogP contribution < -0.4 is 0 Å². The number of rotatable bonds is 2. The Morgan fingerprint density at radius 3 is 2.47 bits per heavy atom. The first-order valence-electron chi connectivity index (χ1n) is 4.18. The second-order valence-electron chi connectivity index (χ2n) is 2.86. The Bertz CT molecular complexity index is 474. The number of aromatic nitrogens is 2. The molecule has 0 spiro atoms. The molecule has 3 nitrogen and oxygen atoms in total. The average molecular weight is 208 g/mol. The van der Waals surface area contributed by atoms with Crippen molar-refractivity contribution in [2.24, 2.45) is 0 Å². The van der Waals surface area contributed by atoms with Gasteiger partial charge in [-0.05, 0) is 12.1 Å². The zero-order valence-electron chi connectivity index (χ0n) is 7.50. The molecule has 76 valence electrons. The molecule has 0 amide bonds. The quantitative estimate of drug-likeness (QED) is 0.766. The van der Waals surface area contributed by atoms with E-state index in [1.165, 1.54) is 18.5 Å². The summed E-state index contributed by atoms with van der Waals surface area (Å²) >= 11 is 0. The molecule has 0 aliphatic rings. The van der Waals surface area contributed by atoms with Crippen molar-refractivity contribution >= 4 is 5.78 Å². The lowest BCUT2D eigenvalue weighted by atomic mass is 10.1. The summed E-state index contributed by atoms with van der Waals surface area (Å²) in [4.78, 5) is 17.7. The van der Waals surface area contributed by atoms with Crippen LogP contribution in [0, 0.1) is 11.6 Å². The molecule has 1 aromatic carbocycles. The molecule has 0 radical (unpaired) electrons. The van der Waals surface area contributed by atoms with E-state index in [2.05, 4.69) is 9.97 Å². The summed E-state index contributed by atoms with van der Waals surface area (Å²) in [6.07, 6.45) is 2.75. The molecule has 0 atom stereocenters. The van der Waals surface area contributed by atoms with E-state index in [1.807, 2.05) is 0 Å². The van der Waals surface area contributed by atoms with Crippen molar-refractivity contribution in [1.82, 2.24) is 9.97 Å². The van der Waals surface area contributed by atoms with E-state index in [0.717, 1.165) is 12.1 Å². The molecule has 0 saturated carbocycles. The second-order valence-corrected chi connectivity index (χ2v) is 2.86. The zero-order chi connectivity index (χ0) is 10.8. The molecule has 2 aromatic rings. The molecule has 2 rings (SSSR count). The third-order valence-electron chi connectivity index (χ3n) is 1.90. The van der Waals surface area contributed by atoms with Crippen molar-refractivity contribution < 1.29 is 13.6 Å². The molecule has 0 bridgehead atoms. The minimum Gasteiger partial charge on any atom is -0.342 e. The summed E-state index contributed by atoms with van der Waals surface area (Å²) in [6.45, 7) is 0. The molecule has 1 N–H and O–H groups in total. The third-order valence-corrected chi connectivity index (χ3v) is 1.90. The maximum Gasteiger partial charge on any atom is 0.234 e. The van der Waals surface area contributed by atoms with Crippen LogP contribution in [0.15, 0.2) is 30.6 Å². The first-order valence-corrected chi connectivity index (χ1v) is 4.18. The van der Waals surface area contributed by atoms with Gasteiger partial charge in [-0.3, -0.25) is 4.79 Å². The highest BCUT2D eigenvalue weighted by molar-refractivity contribution is 6.06. The first-order chi connectivity index (χ1) is 7.20. The maximum absolute atomic E-state index is 13.2. The lowest BCUT2D eigenvalue weighted by molar-refractivity contribution is 0.102. The minimum absolute atomic E-state index is 0.0843. The number of carbonyl (C=O) groups excluding carboxylic acids is 1. The number of benzene rings is 1. The normalized spacial score (nSPS) is 10.3. The summed E-state index contributed by atoms with van der Waals surface area (Å²) in [5.41, 5.74) is -0.590. The van der Waals surface area contributed by atoms with E-state index in [4.69, 9.17) is 0 Å². The van der Waals surface area contributed by atoms with Gasteiger partial charge in [0.05, 0.1) is 5.56 Å². The van der Waals surface area contributed by atoms with Gasteiger partial charge in [0.25, 0.3) is 0 Å². The van der Waals surface area contributed by atoms with Crippen molar-refractivity contribution in [2.75, 3.05) is 0 Å². The van der Waals surface area contributed by atoms with Gasteiger partial charge in [0.15, 0.2) is 5.82 Å². The van der Waals surface area contributed by atoms with Crippen LogP contribution in [0.25, 0.3) is 0 Å². The summed E-state index contributed by atoms with van der Waals surface area (Å²) in [7, 11) is 0. The predicted octanol–water partition coefficient (Wildman–Crippen LogP) is 1.92. The van der Waals surface area contributed by atoms with Crippen molar-refractivity contribution in [3.63, 3.8) is 0 Å². The number of nitrogens with zero attached hydrogens (tertiary/aromatic N) is 1. The second kappa shape index (κ2) is 3.61. The number of hydrogen-bond acceptors (Lipinski definition) is 2. The van der Waals surface area contributed by atoms with Gasteiger partial charge in [-0.1, -0.05) is 6.07 Å². The molecule has 0 aliphatic carbocycles. The number of ketones is 1. The van der Waals surface area contributed by atoms with Gasteiger partial charge in [-0.2, -0.15) is 0 Å². The molecule has 0 aliphatic heterocycles. The summed E-state index contributed by atoms with van der Waals surface area (Å²) in [5, 5.41) is 0. The summed E-state index contributed by atoms with van der Waals surface area (Å²) in [5.74, 6) is -2.66. The van der Waals surface area contributed by atoms with E-state index in [9.17, 15) is 13.6 Å². The smallest absolute Gasteiger partial charge is 0.234 e. The molecule has 1 heterocycles. The van der Waals surface area contributed by atoms with Crippen LogP contribution >= 0.6 is 0 Å². The Balaban J connectivity index is 2.51. The Morgan fingerprint density at radius 2 is 1.93 bits per heavy atom. The van der Waals surface area contributed by atoms with Crippen LogP contribution in [0.2, 0.25) is 0 Å². The van der Waals surface area contributed by atoms with Crippen LogP contribution in [0.4, 0.5) is 8.78 Å². The largest absolute Gasteiger partial charge is 0.342 e. The number of H-pyrrole nitrogens is 1. The molecule has 5 heteroatoms. The van der Waals surface area contributed by atoms with Crippen molar-refractivity contribution in [2.45, 2.75) is 0 Å². The van der Waals surface area contributed by atoms with E-state index in [0.29, 0.717) is 0 Å². The van der Waals surface area contributed by atoms with Crippen molar-refractivity contribution in [3.05, 3.63) is 53.6 Å². The van der Waals surface area contributed by atoms with Gasteiger partial charge >= 0.3 is 0 Å². The fourth-order valence-corrected chi connectivity index (χ4v) is 1.22. The predicted molar refractivity (Wildman–Crippen MR) is 48.4 cm³/mol. The van der Waals surface area contributed by atoms with Gasteiger partial charge < -0.3 is 4.98 Å². The average Bonchev–Trinajstić information content (AvgIpc) is 2.69. The Labute approximate surface area is 83.8 Å². The summed E-state index contributed by atoms with van der Waals surface area (Å²) < 4.78 is 26.4. The molecule has 0 unspecified atom stereocenters. The fourth-order valence-electron chi connectivity index (χ4n) is 1.22. The van der Waals surface area contributed by atoms with Crippen LogP contribution in [0.3, 0.4) is 0 Å². The van der Waals surface area contributed by atoms with Gasteiger partial charge in [0.2, 0.25) is 5.78 Å². The number of hydrogen-bond donors (Lipinski definition) is 1. The molecule has 15 heavy (non-hydrogen) atoms. The van der Waals surface area contributed by atoms with Crippen molar-refractivity contribution in [3.8, 4) is 0 Å². The van der Waals surface area contributed by atoms with Crippen molar-refractivity contribution in [1.29, 1.82) is 0 Å². The fraction of sp³-hybridized carbons (Fsp3) is 0. The van der Waals surface area contributed by atoms with Crippen LogP contribution in [0.1, 0.15) is 16.2 Å². The topological polar surface area (TPSA) is 45.8 Å². The van der Waals surface area contributed by atoms with Gasteiger partial charge in [0.1, 0.15) is 11.6 Å². The van der Waals surface area contributed by atoms with Gasteiger partial charge in [0, 0.05) is 12.4 Å². The van der Waals surface area contributed by atoms with Crippen LogP contribution in [-0.4, -0.2) is 15.8 Å². The molecule has 0 saturated heterocycles. The monoisotopic (exact) mass is 208 g/mol. The molecular formula is C10H6F2N2O. The third kappa shape index (κ3) is 1.63. The highest BCUT2D eigenvalue weighted by Crippen LogP contribution is 2.14. The van der Waals surface area contributed by atoms with Gasteiger partial charge in [-0.15, -0.1) is 0 Å². The summed E-state index contributed by atoms with van der Waals surface area (Å²) in [6, 6.07) is 3.25. The van der Waals surface area contributed by atoms with E-state index in [1.54, 1.807) is 0 Å². The lowest BCUT2D eigenvalue weighted by Gasteiger charge is -2.00. The SMILES string of the molecule is O=C(c1ncc[nH]1)c1c(F)cccc1F. The van der Waals surface area contributed by atoms with E-state index >= 15 is 0 Å². The molecule has 0 fully saturated rings.